The normalized spacial score (nSPS) is 10.5. The standard InChI is InChI=1S/C22H16N4O4S2/c1-30-18-11-10-13(12-17(18)26(28)29)20(27)25-22(31)24-15-7-3-2-6-14(15)21-23-16-8-4-5-9-19(16)32-21/h2-12H,1H3,(H2,24,25,27,31). The van der Waals surface area contributed by atoms with Gasteiger partial charge in [0, 0.05) is 17.2 Å². The molecule has 0 fully saturated rings. The minimum Gasteiger partial charge on any atom is -0.490 e. The van der Waals surface area contributed by atoms with Gasteiger partial charge in [-0.1, -0.05) is 24.3 Å². The number of nitrogens with zero attached hydrogens (tertiary/aromatic N) is 2. The van der Waals surface area contributed by atoms with Crippen LogP contribution in [0.2, 0.25) is 0 Å². The number of aromatic nitrogens is 1. The molecule has 0 atom stereocenters. The Bertz CT molecular complexity index is 1320. The van der Waals surface area contributed by atoms with Crippen LogP contribution in [0.1, 0.15) is 10.4 Å². The molecule has 32 heavy (non-hydrogen) atoms. The molecule has 160 valence electrons. The minimum absolute atomic E-state index is 0.0574. The van der Waals surface area contributed by atoms with Gasteiger partial charge in [0.1, 0.15) is 5.01 Å². The van der Waals surface area contributed by atoms with Crippen molar-refractivity contribution in [3.63, 3.8) is 0 Å². The largest absolute Gasteiger partial charge is 0.490 e. The number of amides is 1. The summed E-state index contributed by atoms with van der Waals surface area (Å²) in [5, 5.41) is 17.7. The predicted octanol–water partition coefficient (Wildman–Crippen LogP) is 5.01. The number of rotatable bonds is 5. The molecular weight excluding hydrogens is 448 g/mol. The first-order valence-corrected chi connectivity index (χ1v) is 10.6. The fraction of sp³-hybridized carbons (Fsp3) is 0.0455. The van der Waals surface area contributed by atoms with Crippen LogP contribution < -0.4 is 15.4 Å². The van der Waals surface area contributed by atoms with Crippen molar-refractivity contribution < 1.29 is 14.5 Å². The van der Waals surface area contributed by atoms with Crippen LogP contribution in [0.3, 0.4) is 0 Å². The van der Waals surface area contributed by atoms with Gasteiger partial charge in [-0.05, 0) is 48.6 Å². The number of hydrogen-bond acceptors (Lipinski definition) is 7. The monoisotopic (exact) mass is 464 g/mol. The summed E-state index contributed by atoms with van der Waals surface area (Å²) < 4.78 is 6.03. The maximum Gasteiger partial charge on any atom is 0.311 e. The smallest absolute Gasteiger partial charge is 0.311 e. The molecule has 0 radical (unpaired) electrons. The van der Waals surface area contributed by atoms with E-state index in [1.165, 1.54) is 19.2 Å². The van der Waals surface area contributed by atoms with Crippen LogP contribution >= 0.6 is 23.6 Å². The molecular formula is C22H16N4O4S2. The Kier molecular flexibility index (Phi) is 6.06. The molecule has 3 aromatic carbocycles. The van der Waals surface area contributed by atoms with E-state index in [1.807, 2.05) is 48.5 Å². The second-order valence-corrected chi connectivity index (χ2v) is 8.02. The Morgan fingerprint density at radius 3 is 2.62 bits per heavy atom. The third-order valence-corrected chi connectivity index (χ3v) is 5.84. The minimum atomic E-state index is -0.611. The molecule has 8 nitrogen and oxygen atoms in total. The van der Waals surface area contributed by atoms with Crippen LogP contribution in [0.15, 0.2) is 66.7 Å². The number of carbonyl (C=O) groups excluding carboxylic acids is 1. The number of hydrogen-bond donors (Lipinski definition) is 2. The molecule has 0 aliphatic heterocycles. The summed E-state index contributed by atoms with van der Waals surface area (Å²) in [6.45, 7) is 0. The Morgan fingerprint density at radius 2 is 1.88 bits per heavy atom. The summed E-state index contributed by atoms with van der Waals surface area (Å²) in [7, 11) is 1.32. The molecule has 10 heteroatoms. The summed E-state index contributed by atoms with van der Waals surface area (Å²) in [5.74, 6) is -0.511. The molecule has 0 bridgehead atoms. The summed E-state index contributed by atoms with van der Waals surface area (Å²) in [4.78, 5) is 27.8. The number of fused-ring (bicyclic) bond motifs is 1. The molecule has 0 saturated heterocycles. The number of benzene rings is 3. The van der Waals surface area contributed by atoms with Gasteiger partial charge in [-0.15, -0.1) is 11.3 Å². The number of nitro benzene ring substituents is 1. The number of para-hydroxylation sites is 2. The number of thiazole rings is 1. The summed E-state index contributed by atoms with van der Waals surface area (Å²) in [5.41, 5.74) is 2.20. The fourth-order valence-electron chi connectivity index (χ4n) is 3.07. The molecule has 0 aliphatic carbocycles. The first kappa shape index (κ1) is 21.3. The molecule has 4 aromatic rings. The lowest BCUT2D eigenvalue weighted by molar-refractivity contribution is -0.385. The SMILES string of the molecule is COc1ccc(C(=O)NC(=S)Nc2ccccc2-c2nc3ccccc3s2)cc1[N+](=O)[O-]. The van der Waals surface area contributed by atoms with Gasteiger partial charge in [0.05, 0.1) is 27.9 Å². The van der Waals surface area contributed by atoms with E-state index in [2.05, 4.69) is 15.6 Å². The number of nitro groups is 1. The maximum absolute atomic E-state index is 12.6. The second kappa shape index (κ2) is 9.08. The van der Waals surface area contributed by atoms with E-state index in [0.717, 1.165) is 26.9 Å². The zero-order valence-corrected chi connectivity index (χ0v) is 18.3. The van der Waals surface area contributed by atoms with Gasteiger partial charge in [-0.3, -0.25) is 20.2 Å². The average molecular weight is 465 g/mol. The average Bonchev–Trinajstić information content (AvgIpc) is 3.23. The van der Waals surface area contributed by atoms with Crippen molar-refractivity contribution in [3.8, 4) is 16.3 Å². The first-order chi connectivity index (χ1) is 15.5. The van der Waals surface area contributed by atoms with Gasteiger partial charge >= 0.3 is 5.69 Å². The van der Waals surface area contributed by atoms with Crippen molar-refractivity contribution in [2.45, 2.75) is 0 Å². The van der Waals surface area contributed by atoms with Gasteiger partial charge < -0.3 is 10.1 Å². The Balaban J connectivity index is 1.53. The Hall–Kier alpha value is -3.89. The lowest BCUT2D eigenvalue weighted by Crippen LogP contribution is -2.34. The van der Waals surface area contributed by atoms with Gasteiger partial charge in [-0.25, -0.2) is 4.98 Å². The summed E-state index contributed by atoms with van der Waals surface area (Å²) in [6, 6.07) is 19.3. The number of ether oxygens (including phenoxy) is 1. The van der Waals surface area contributed by atoms with Crippen LogP contribution in [0.5, 0.6) is 5.75 Å². The van der Waals surface area contributed by atoms with E-state index in [4.69, 9.17) is 17.0 Å². The van der Waals surface area contributed by atoms with Crippen molar-refractivity contribution in [1.29, 1.82) is 0 Å². The van der Waals surface area contributed by atoms with E-state index < -0.39 is 10.8 Å². The van der Waals surface area contributed by atoms with Crippen LogP contribution in [-0.2, 0) is 0 Å². The molecule has 1 heterocycles. The molecule has 0 spiro atoms. The quantitative estimate of drug-likeness (QED) is 0.243. The molecule has 0 saturated carbocycles. The zero-order chi connectivity index (χ0) is 22.7. The highest BCUT2D eigenvalue weighted by atomic mass is 32.1. The molecule has 4 rings (SSSR count). The lowest BCUT2D eigenvalue weighted by Gasteiger charge is -2.12. The second-order valence-electron chi connectivity index (χ2n) is 6.58. The highest BCUT2D eigenvalue weighted by Crippen LogP contribution is 2.34. The Morgan fingerprint density at radius 1 is 1.12 bits per heavy atom. The van der Waals surface area contributed by atoms with Crippen LogP contribution in [-0.4, -0.2) is 28.0 Å². The predicted molar refractivity (Wildman–Crippen MR) is 128 cm³/mol. The maximum atomic E-state index is 12.6. The van der Waals surface area contributed by atoms with E-state index in [-0.39, 0.29) is 22.1 Å². The fourth-order valence-corrected chi connectivity index (χ4v) is 4.28. The van der Waals surface area contributed by atoms with E-state index in [0.29, 0.717) is 5.69 Å². The zero-order valence-electron chi connectivity index (χ0n) is 16.7. The van der Waals surface area contributed by atoms with Crippen molar-refractivity contribution in [1.82, 2.24) is 10.3 Å². The number of nitrogens with one attached hydrogen (secondary N) is 2. The molecule has 1 amide bonds. The summed E-state index contributed by atoms with van der Waals surface area (Å²) in [6.07, 6.45) is 0. The molecule has 0 unspecified atom stereocenters. The van der Waals surface area contributed by atoms with Gasteiger partial charge in [-0.2, -0.15) is 0 Å². The topological polar surface area (TPSA) is 106 Å². The number of methoxy groups -OCH3 is 1. The third-order valence-electron chi connectivity index (χ3n) is 4.56. The number of thiocarbonyl (C=S) groups is 1. The van der Waals surface area contributed by atoms with Crippen molar-refractivity contribution in [2.75, 3.05) is 12.4 Å². The van der Waals surface area contributed by atoms with Crippen molar-refractivity contribution >= 4 is 56.2 Å². The molecule has 2 N–H and O–H groups in total. The van der Waals surface area contributed by atoms with Gasteiger partial charge in [0.15, 0.2) is 10.9 Å². The first-order valence-electron chi connectivity index (χ1n) is 9.36. The molecule has 0 aliphatic rings. The number of anilines is 1. The lowest BCUT2D eigenvalue weighted by atomic mass is 10.1. The Labute approximate surface area is 192 Å². The van der Waals surface area contributed by atoms with Crippen LogP contribution in [0.4, 0.5) is 11.4 Å². The highest BCUT2D eigenvalue weighted by Gasteiger charge is 2.19. The van der Waals surface area contributed by atoms with E-state index >= 15 is 0 Å². The van der Waals surface area contributed by atoms with Crippen molar-refractivity contribution in [2.24, 2.45) is 0 Å². The van der Waals surface area contributed by atoms with Gasteiger partial charge in [0.25, 0.3) is 5.91 Å². The third kappa shape index (κ3) is 4.41. The van der Waals surface area contributed by atoms with Crippen LogP contribution in [0, 0.1) is 10.1 Å². The van der Waals surface area contributed by atoms with Crippen molar-refractivity contribution in [3.05, 3.63) is 82.4 Å². The highest BCUT2D eigenvalue weighted by molar-refractivity contribution is 7.80. The van der Waals surface area contributed by atoms with Gasteiger partial charge in [0.2, 0.25) is 0 Å². The van der Waals surface area contributed by atoms with E-state index in [1.54, 1.807) is 11.3 Å². The number of carbonyl (C=O) groups is 1. The summed E-state index contributed by atoms with van der Waals surface area (Å²) >= 11 is 6.85. The van der Waals surface area contributed by atoms with E-state index in [9.17, 15) is 14.9 Å². The van der Waals surface area contributed by atoms with Crippen LogP contribution in [0.25, 0.3) is 20.8 Å². The molecule has 1 aromatic heterocycles.